The fourth-order valence-corrected chi connectivity index (χ4v) is 2.04. The number of hydrogen-bond acceptors (Lipinski definition) is 2. The van der Waals surface area contributed by atoms with Crippen molar-refractivity contribution in [2.24, 2.45) is 5.92 Å². The first-order chi connectivity index (χ1) is 7.01. The highest BCUT2D eigenvalue weighted by Gasteiger charge is 2.47. The highest BCUT2D eigenvalue weighted by atomic mass is 19.3. The minimum atomic E-state index is -3.43. The Balaban J connectivity index is 2.20. The molecule has 1 aliphatic carbocycles. The smallest absolute Gasteiger partial charge is 0.300 e. The van der Waals surface area contributed by atoms with E-state index in [9.17, 15) is 8.78 Å². The summed E-state index contributed by atoms with van der Waals surface area (Å²) in [4.78, 5) is 0. The van der Waals surface area contributed by atoms with Crippen molar-refractivity contribution in [3.63, 3.8) is 0 Å². The molecule has 1 aromatic carbocycles. The third-order valence-electron chi connectivity index (χ3n) is 2.94. The van der Waals surface area contributed by atoms with Crippen LogP contribution in [0.4, 0.5) is 8.78 Å². The Hall–Kier alpha value is -1.00. The summed E-state index contributed by atoms with van der Waals surface area (Å²) < 4.78 is 26.6. The number of aliphatic hydroxyl groups excluding tert-OH is 1. The Morgan fingerprint density at radius 3 is 2.00 bits per heavy atom. The Labute approximate surface area is 86.2 Å². The molecule has 0 aromatic heterocycles. The van der Waals surface area contributed by atoms with Gasteiger partial charge in [-0.25, -0.2) is 8.78 Å². The number of benzene rings is 1. The van der Waals surface area contributed by atoms with E-state index in [2.05, 4.69) is 0 Å². The van der Waals surface area contributed by atoms with E-state index >= 15 is 0 Å². The molecule has 1 aromatic rings. The molecule has 0 unspecified atom stereocenters. The van der Waals surface area contributed by atoms with Gasteiger partial charge in [-0.1, -0.05) is 24.3 Å². The molecule has 0 saturated carbocycles. The van der Waals surface area contributed by atoms with Crippen LogP contribution in [0.1, 0.15) is 11.1 Å². The van der Waals surface area contributed by atoms with Gasteiger partial charge in [0.15, 0.2) is 0 Å². The second-order valence-electron chi connectivity index (χ2n) is 3.92. The van der Waals surface area contributed by atoms with Crippen LogP contribution in [0.5, 0.6) is 0 Å². The third-order valence-corrected chi connectivity index (χ3v) is 2.94. The van der Waals surface area contributed by atoms with Crippen molar-refractivity contribution in [1.29, 1.82) is 0 Å². The van der Waals surface area contributed by atoms with Crippen molar-refractivity contribution < 1.29 is 19.0 Å². The van der Waals surface area contributed by atoms with E-state index in [4.69, 9.17) is 10.2 Å². The lowest BCUT2D eigenvalue weighted by Gasteiger charge is -2.24. The van der Waals surface area contributed by atoms with Gasteiger partial charge in [-0.05, 0) is 24.0 Å². The minimum Gasteiger partial charge on any atom is -0.363 e. The zero-order chi connectivity index (χ0) is 11.1. The summed E-state index contributed by atoms with van der Waals surface area (Å²) in [5.41, 5.74) is 1.76. The molecule has 0 aliphatic heterocycles. The largest absolute Gasteiger partial charge is 0.363 e. The standard InChI is InChI=1S/C11H12F2O2/c12-11(13,10(14)15)9-5-7-3-1-2-4-8(7)6-9/h1-4,9-10,14-15H,5-6H2. The topological polar surface area (TPSA) is 40.5 Å². The second kappa shape index (κ2) is 3.54. The van der Waals surface area contributed by atoms with E-state index in [1.54, 1.807) is 24.3 Å². The van der Waals surface area contributed by atoms with Crippen LogP contribution in [0, 0.1) is 5.92 Å². The summed E-state index contributed by atoms with van der Waals surface area (Å²) in [7, 11) is 0. The quantitative estimate of drug-likeness (QED) is 0.729. The molecule has 0 radical (unpaired) electrons. The van der Waals surface area contributed by atoms with Gasteiger partial charge in [-0.15, -0.1) is 0 Å². The number of halogens is 2. The molecule has 0 bridgehead atoms. The van der Waals surface area contributed by atoms with Crippen molar-refractivity contribution >= 4 is 0 Å². The second-order valence-corrected chi connectivity index (χ2v) is 3.92. The fourth-order valence-electron chi connectivity index (χ4n) is 2.04. The van der Waals surface area contributed by atoms with Gasteiger partial charge in [0.05, 0.1) is 0 Å². The van der Waals surface area contributed by atoms with E-state index in [1.165, 1.54) is 0 Å². The lowest BCUT2D eigenvalue weighted by Crippen LogP contribution is -2.41. The van der Waals surface area contributed by atoms with Gasteiger partial charge < -0.3 is 10.2 Å². The molecule has 2 N–H and O–H groups in total. The van der Waals surface area contributed by atoms with Crippen LogP contribution in [0.2, 0.25) is 0 Å². The van der Waals surface area contributed by atoms with E-state index < -0.39 is 18.1 Å². The summed E-state index contributed by atoms with van der Waals surface area (Å²) in [6, 6.07) is 7.20. The maximum absolute atomic E-state index is 13.3. The zero-order valence-electron chi connectivity index (χ0n) is 8.03. The maximum atomic E-state index is 13.3. The van der Waals surface area contributed by atoms with Gasteiger partial charge >= 0.3 is 5.92 Å². The maximum Gasteiger partial charge on any atom is 0.300 e. The first kappa shape index (κ1) is 10.5. The van der Waals surface area contributed by atoms with Gasteiger partial charge in [0, 0.05) is 5.92 Å². The van der Waals surface area contributed by atoms with Crippen molar-refractivity contribution in [2.75, 3.05) is 0 Å². The van der Waals surface area contributed by atoms with Crippen LogP contribution < -0.4 is 0 Å². The molecule has 15 heavy (non-hydrogen) atoms. The Kier molecular flexibility index (Phi) is 2.48. The summed E-state index contributed by atoms with van der Waals surface area (Å²) in [5.74, 6) is -4.44. The molecule has 0 amide bonds. The van der Waals surface area contributed by atoms with Crippen LogP contribution >= 0.6 is 0 Å². The van der Waals surface area contributed by atoms with E-state index in [0.717, 1.165) is 11.1 Å². The monoisotopic (exact) mass is 214 g/mol. The molecular weight excluding hydrogens is 202 g/mol. The van der Waals surface area contributed by atoms with E-state index in [1.807, 2.05) is 0 Å². The van der Waals surface area contributed by atoms with Crippen LogP contribution in [-0.2, 0) is 12.8 Å². The number of alkyl halides is 2. The van der Waals surface area contributed by atoms with Gasteiger partial charge in [0.2, 0.25) is 6.29 Å². The predicted molar refractivity (Wildman–Crippen MR) is 50.5 cm³/mol. The first-order valence-electron chi connectivity index (χ1n) is 4.82. The van der Waals surface area contributed by atoms with Crippen LogP contribution in [0.25, 0.3) is 0 Å². The summed E-state index contributed by atoms with van der Waals surface area (Å²) in [5, 5.41) is 17.3. The third kappa shape index (κ3) is 1.75. The molecular formula is C11H12F2O2. The molecule has 4 heteroatoms. The highest BCUT2D eigenvalue weighted by molar-refractivity contribution is 5.32. The van der Waals surface area contributed by atoms with E-state index in [-0.39, 0.29) is 12.8 Å². The van der Waals surface area contributed by atoms with Crippen molar-refractivity contribution in [1.82, 2.24) is 0 Å². The molecule has 0 atom stereocenters. The minimum absolute atomic E-state index is 0.209. The number of fused-ring (bicyclic) bond motifs is 1. The molecule has 2 nitrogen and oxygen atoms in total. The number of aliphatic hydroxyl groups is 2. The molecule has 0 saturated heterocycles. The van der Waals surface area contributed by atoms with E-state index in [0.29, 0.717) is 0 Å². The predicted octanol–water partition coefficient (Wildman–Crippen LogP) is 1.35. The van der Waals surface area contributed by atoms with Gasteiger partial charge in [0.25, 0.3) is 0 Å². The summed E-state index contributed by atoms with van der Waals surface area (Å²) >= 11 is 0. The van der Waals surface area contributed by atoms with Crippen molar-refractivity contribution in [3.8, 4) is 0 Å². The van der Waals surface area contributed by atoms with Gasteiger partial charge in [-0.2, -0.15) is 0 Å². The Morgan fingerprint density at radius 2 is 1.60 bits per heavy atom. The zero-order valence-corrected chi connectivity index (χ0v) is 8.03. The number of rotatable bonds is 2. The summed E-state index contributed by atoms with van der Waals surface area (Å²) in [6.45, 7) is 0. The summed E-state index contributed by atoms with van der Waals surface area (Å²) in [6.07, 6.45) is -2.15. The van der Waals surface area contributed by atoms with Gasteiger partial charge in [0.1, 0.15) is 0 Å². The van der Waals surface area contributed by atoms with Crippen molar-refractivity contribution in [2.45, 2.75) is 25.1 Å². The average Bonchev–Trinajstić information content (AvgIpc) is 2.61. The SMILES string of the molecule is OC(O)C(F)(F)C1Cc2ccccc2C1. The highest BCUT2D eigenvalue weighted by Crippen LogP contribution is 2.38. The first-order valence-corrected chi connectivity index (χ1v) is 4.82. The molecule has 0 spiro atoms. The van der Waals surface area contributed by atoms with Crippen molar-refractivity contribution in [3.05, 3.63) is 35.4 Å². The Morgan fingerprint density at radius 1 is 1.13 bits per heavy atom. The molecule has 82 valence electrons. The molecule has 0 heterocycles. The van der Waals surface area contributed by atoms with Gasteiger partial charge in [-0.3, -0.25) is 0 Å². The lowest BCUT2D eigenvalue weighted by molar-refractivity contribution is -0.231. The molecule has 2 rings (SSSR count). The van der Waals surface area contributed by atoms with Crippen LogP contribution in [-0.4, -0.2) is 22.4 Å². The normalized spacial score (nSPS) is 17.1. The van der Waals surface area contributed by atoms with Crippen LogP contribution in [0.15, 0.2) is 24.3 Å². The lowest BCUT2D eigenvalue weighted by atomic mass is 9.97. The van der Waals surface area contributed by atoms with Crippen LogP contribution in [0.3, 0.4) is 0 Å². The Bertz CT molecular complexity index is 338. The molecule has 1 aliphatic rings. The average molecular weight is 214 g/mol. The molecule has 0 fully saturated rings. The fraction of sp³-hybridized carbons (Fsp3) is 0.455. The number of hydrogen-bond donors (Lipinski definition) is 2.